The summed E-state index contributed by atoms with van der Waals surface area (Å²) in [5.41, 5.74) is 2.09. The summed E-state index contributed by atoms with van der Waals surface area (Å²) < 4.78 is 5.31. The molecule has 1 amide bonds. The summed E-state index contributed by atoms with van der Waals surface area (Å²) in [7, 11) is 0. The first-order valence-corrected chi connectivity index (χ1v) is 6.54. The van der Waals surface area contributed by atoms with Crippen molar-refractivity contribution < 1.29 is 19.4 Å². The van der Waals surface area contributed by atoms with Crippen LogP contribution < -0.4 is 0 Å². The van der Waals surface area contributed by atoms with Crippen molar-refractivity contribution in [2.75, 3.05) is 19.7 Å². The highest BCUT2D eigenvalue weighted by Gasteiger charge is 2.43. The number of hydrogen-bond donors (Lipinski definition) is 1. The highest BCUT2D eigenvalue weighted by molar-refractivity contribution is 5.97. The smallest absolute Gasteiger partial charge is 0.329 e. The number of carboxylic acid groups (broad SMARTS) is 1. The highest BCUT2D eigenvalue weighted by Crippen LogP contribution is 2.27. The van der Waals surface area contributed by atoms with Crippen LogP contribution in [0.4, 0.5) is 0 Å². The first kappa shape index (κ1) is 14.5. The quantitative estimate of drug-likeness (QED) is 0.908. The predicted molar refractivity (Wildman–Crippen MR) is 73.8 cm³/mol. The lowest BCUT2D eigenvalue weighted by molar-refractivity contribution is -0.159. The van der Waals surface area contributed by atoms with Crippen molar-refractivity contribution in [3.63, 3.8) is 0 Å². The van der Waals surface area contributed by atoms with Crippen molar-refractivity contribution in [3.05, 3.63) is 34.9 Å². The zero-order valence-electron chi connectivity index (χ0n) is 12.0. The second-order valence-electron chi connectivity index (χ2n) is 5.56. The summed E-state index contributed by atoms with van der Waals surface area (Å²) in [4.78, 5) is 24.6. The van der Waals surface area contributed by atoms with E-state index >= 15 is 0 Å². The zero-order valence-corrected chi connectivity index (χ0v) is 12.0. The van der Waals surface area contributed by atoms with Gasteiger partial charge in [-0.05, 0) is 31.9 Å². The molecule has 1 saturated heterocycles. The van der Waals surface area contributed by atoms with E-state index in [1.807, 2.05) is 39.0 Å². The number of carbonyl (C=O) groups is 2. The standard InChI is InChI=1S/C15H19NO4/c1-10-5-4-6-11(2)13(10)14(19)16-8-15(3,9-16)20-7-12(17)18/h4-6H,7-9H2,1-3H3,(H,17,18). The second-order valence-corrected chi connectivity index (χ2v) is 5.56. The maximum Gasteiger partial charge on any atom is 0.329 e. The summed E-state index contributed by atoms with van der Waals surface area (Å²) in [6.07, 6.45) is 0. The van der Waals surface area contributed by atoms with Crippen LogP contribution in [0.1, 0.15) is 28.4 Å². The van der Waals surface area contributed by atoms with Crippen LogP contribution in [0.25, 0.3) is 0 Å². The first-order chi connectivity index (χ1) is 9.32. The van der Waals surface area contributed by atoms with Gasteiger partial charge in [-0.25, -0.2) is 4.79 Å². The average molecular weight is 277 g/mol. The van der Waals surface area contributed by atoms with Gasteiger partial charge in [0.15, 0.2) is 0 Å². The molecule has 0 unspecified atom stereocenters. The van der Waals surface area contributed by atoms with E-state index in [-0.39, 0.29) is 12.5 Å². The minimum atomic E-state index is -0.995. The van der Waals surface area contributed by atoms with E-state index in [1.165, 1.54) is 0 Å². The number of likely N-dealkylation sites (tertiary alicyclic amines) is 1. The molecule has 1 aromatic carbocycles. The molecule has 1 aromatic rings. The number of hydrogen-bond acceptors (Lipinski definition) is 3. The summed E-state index contributed by atoms with van der Waals surface area (Å²) >= 11 is 0. The fourth-order valence-electron chi connectivity index (χ4n) is 2.54. The third-order valence-electron chi connectivity index (χ3n) is 3.58. The molecule has 1 aliphatic rings. The van der Waals surface area contributed by atoms with Crippen LogP contribution in [0.15, 0.2) is 18.2 Å². The lowest BCUT2D eigenvalue weighted by Crippen LogP contribution is -2.63. The van der Waals surface area contributed by atoms with Crippen molar-refractivity contribution in [2.24, 2.45) is 0 Å². The van der Waals surface area contributed by atoms with Crippen molar-refractivity contribution >= 4 is 11.9 Å². The van der Waals surface area contributed by atoms with Gasteiger partial charge in [0, 0.05) is 5.56 Å². The van der Waals surface area contributed by atoms with Gasteiger partial charge < -0.3 is 14.7 Å². The second kappa shape index (κ2) is 5.25. The van der Waals surface area contributed by atoms with Gasteiger partial charge in [-0.3, -0.25) is 4.79 Å². The Labute approximate surface area is 118 Å². The van der Waals surface area contributed by atoms with Crippen LogP contribution in [0.5, 0.6) is 0 Å². The largest absolute Gasteiger partial charge is 0.480 e. The molecule has 0 bridgehead atoms. The minimum Gasteiger partial charge on any atom is -0.480 e. The lowest BCUT2D eigenvalue weighted by atomic mass is 9.93. The number of benzene rings is 1. The Hall–Kier alpha value is -1.88. The van der Waals surface area contributed by atoms with E-state index in [1.54, 1.807) is 4.90 Å². The van der Waals surface area contributed by atoms with Crippen LogP contribution in [0.2, 0.25) is 0 Å². The maximum absolute atomic E-state index is 12.4. The molecule has 1 aliphatic heterocycles. The molecule has 0 aliphatic carbocycles. The van der Waals surface area contributed by atoms with Gasteiger partial charge in [-0.2, -0.15) is 0 Å². The molecular formula is C15H19NO4. The van der Waals surface area contributed by atoms with Crippen molar-refractivity contribution in [1.82, 2.24) is 4.90 Å². The number of carbonyl (C=O) groups excluding carboxylic acids is 1. The molecule has 0 radical (unpaired) electrons. The average Bonchev–Trinajstić information content (AvgIpc) is 2.32. The van der Waals surface area contributed by atoms with Gasteiger partial charge in [0.25, 0.3) is 5.91 Å². The van der Waals surface area contributed by atoms with E-state index in [0.29, 0.717) is 13.1 Å². The Balaban J connectivity index is 2.02. The SMILES string of the molecule is Cc1cccc(C)c1C(=O)N1CC(C)(OCC(=O)O)C1. The number of aryl methyl sites for hydroxylation is 2. The Bertz CT molecular complexity index is 527. The minimum absolute atomic E-state index is 0.0167. The van der Waals surface area contributed by atoms with Gasteiger partial charge in [-0.15, -0.1) is 0 Å². The van der Waals surface area contributed by atoms with E-state index in [2.05, 4.69) is 0 Å². The third kappa shape index (κ3) is 2.82. The van der Waals surface area contributed by atoms with E-state index in [4.69, 9.17) is 9.84 Å². The monoisotopic (exact) mass is 277 g/mol. The van der Waals surface area contributed by atoms with Crippen LogP contribution >= 0.6 is 0 Å². The topological polar surface area (TPSA) is 66.8 Å². The maximum atomic E-state index is 12.4. The molecule has 0 atom stereocenters. The molecule has 0 aromatic heterocycles. The van der Waals surface area contributed by atoms with Crippen molar-refractivity contribution in [1.29, 1.82) is 0 Å². The summed E-state index contributed by atoms with van der Waals surface area (Å²) in [5.74, 6) is -1.01. The lowest BCUT2D eigenvalue weighted by Gasteiger charge is -2.47. The Morgan fingerprint density at radius 3 is 2.35 bits per heavy atom. The summed E-state index contributed by atoms with van der Waals surface area (Å²) in [5, 5.41) is 8.62. The van der Waals surface area contributed by atoms with Crippen LogP contribution in [-0.2, 0) is 9.53 Å². The summed E-state index contributed by atoms with van der Waals surface area (Å²) in [6, 6.07) is 5.76. The van der Waals surface area contributed by atoms with Gasteiger partial charge in [0.2, 0.25) is 0 Å². The molecule has 1 N–H and O–H groups in total. The molecule has 20 heavy (non-hydrogen) atoms. The van der Waals surface area contributed by atoms with Gasteiger partial charge in [0.1, 0.15) is 12.2 Å². The van der Waals surface area contributed by atoms with Crippen molar-refractivity contribution in [3.8, 4) is 0 Å². The molecular weight excluding hydrogens is 258 g/mol. The van der Waals surface area contributed by atoms with Gasteiger partial charge in [-0.1, -0.05) is 18.2 Å². The molecule has 5 heteroatoms. The number of aliphatic carboxylic acids is 1. The number of nitrogens with zero attached hydrogens (tertiary/aromatic N) is 1. The predicted octanol–water partition coefficient (Wildman–Crippen LogP) is 1.62. The molecule has 0 spiro atoms. The van der Waals surface area contributed by atoms with Gasteiger partial charge in [0.05, 0.1) is 13.1 Å². The molecule has 0 saturated carbocycles. The Morgan fingerprint density at radius 1 is 1.30 bits per heavy atom. The van der Waals surface area contributed by atoms with E-state index in [9.17, 15) is 9.59 Å². The summed E-state index contributed by atoms with van der Waals surface area (Å²) in [6.45, 7) is 6.17. The molecule has 108 valence electrons. The molecule has 2 rings (SSSR count). The fourth-order valence-corrected chi connectivity index (χ4v) is 2.54. The molecule has 1 heterocycles. The highest BCUT2D eigenvalue weighted by atomic mass is 16.5. The van der Waals surface area contributed by atoms with Gasteiger partial charge >= 0.3 is 5.97 Å². The number of ether oxygens (including phenoxy) is 1. The van der Waals surface area contributed by atoms with Crippen LogP contribution in [0.3, 0.4) is 0 Å². The van der Waals surface area contributed by atoms with Crippen LogP contribution in [0, 0.1) is 13.8 Å². The first-order valence-electron chi connectivity index (χ1n) is 6.54. The van der Waals surface area contributed by atoms with E-state index in [0.717, 1.165) is 16.7 Å². The van der Waals surface area contributed by atoms with Crippen LogP contribution in [-0.4, -0.2) is 47.2 Å². The fraction of sp³-hybridized carbons (Fsp3) is 0.467. The zero-order chi connectivity index (χ0) is 14.9. The molecule has 1 fully saturated rings. The number of carboxylic acids is 1. The molecule has 5 nitrogen and oxygen atoms in total. The van der Waals surface area contributed by atoms with E-state index < -0.39 is 11.6 Å². The number of amides is 1. The normalized spacial score (nSPS) is 16.6. The third-order valence-corrected chi connectivity index (χ3v) is 3.58. The Kier molecular flexibility index (Phi) is 3.81. The van der Waals surface area contributed by atoms with Crippen molar-refractivity contribution in [2.45, 2.75) is 26.4 Å². The Morgan fingerprint density at radius 2 is 1.85 bits per heavy atom. The number of rotatable bonds is 4.